The molecule has 1 fully saturated rings. The first-order chi connectivity index (χ1) is 10.9. The van der Waals surface area contributed by atoms with E-state index in [0.717, 1.165) is 13.0 Å². The fraction of sp³-hybridized carbons (Fsp3) is 0.200. The largest absolute Gasteiger partial charge is 0.478 e. The van der Waals surface area contributed by atoms with Gasteiger partial charge in [-0.25, -0.2) is 14.6 Å². The zero-order valence-corrected chi connectivity index (χ0v) is 12.5. The highest BCUT2D eigenvalue weighted by Gasteiger charge is 2.15. The summed E-state index contributed by atoms with van der Waals surface area (Å²) in [6.07, 6.45) is 11.3. The quantitative estimate of drug-likeness (QED) is 0.812. The van der Waals surface area contributed by atoms with Crippen molar-refractivity contribution in [2.45, 2.75) is 12.8 Å². The molecule has 124 valence electrons. The maximum Gasteiger partial charge on any atom is 0.328 e. The number of likely N-dealkylation sites (tertiary alicyclic amines) is 1. The van der Waals surface area contributed by atoms with Crippen LogP contribution in [-0.4, -0.2) is 49.1 Å². The summed E-state index contributed by atoms with van der Waals surface area (Å²) in [5.74, 6) is -2.31. The smallest absolute Gasteiger partial charge is 0.328 e. The van der Waals surface area contributed by atoms with Crippen molar-refractivity contribution in [3.63, 3.8) is 0 Å². The third-order valence-corrected chi connectivity index (χ3v) is 2.43. The van der Waals surface area contributed by atoms with Crippen LogP contribution in [0.3, 0.4) is 0 Å². The average Bonchev–Trinajstić information content (AvgIpc) is 3.17. The molecule has 0 atom stereocenters. The molecule has 8 heteroatoms. The minimum absolute atomic E-state index is 0.208. The highest BCUT2D eigenvalue weighted by atomic mass is 16.4. The Morgan fingerprint density at radius 2 is 1.78 bits per heavy atom. The first kappa shape index (κ1) is 19.8. The molecule has 8 nitrogen and oxygen atoms in total. The third-order valence-electron chi connectivity index (χ3n) is 2.43. The Morgan fingerprint density at radius 3 is 2.00 bits per heavy atom. The molecule has 0 aliphatic carbocycles. The Labute approximate surface area is 133 Å². The average molecular weight is 321 g/mol. The van der Waals surface area contributed by atoms with E-state index >= 15 is 0 Å². The van der Waals surface area contributed by atoms with E-state index in [9.17, 15) is 14.4 Å². The predicted molar refractivity (Wildman–Crippen MR) is 84.2 cm³/mol. The molecule has 0 spiro atoms. The van der Waals surface area contributed by atoms with Gasteiger partial charge in [-0.2, -0.15) is 0 Å². The minimum Gasteiger partial charge on any atom is -0.478 e. The molecule has 0 radical (unpaired) electrons. The number of carboxylic acids is 2. The standard InChI is InChI=1S/C6H9NO.C5H6N2.C4H4O4/c1-2-7-5-3-4-6(7)8;1-2-7-4-3-6-5-7;5-3(6)1-2-4(7)8/h2H,1,3-5H2;2-5H,1H2;1-2H,(H,5,6)(H,7,8). The molecule has 0 unspecified atom stereocenters. The van der Waals surface area contributed by atoms with Gasteiger partial charge in [-0.3, -0.25) is 4.79 Å². The lowest BCUT2D eigenvalue weighted by Crippen LogP contribution is -2.16. The van der Waals surface area contributed by atoms with Gasteiger partial charge in [0.05, 0.1) is 6.33 Å². The molecule has 1 aromatic rings. The van der Waals surface area contributed by atoms with Crippen LogP contribution in [0.15, 0.2) is 50.2 Å². The van der Waals surface area contributed by atoms with Crippen LogP contribution in [0.5, 0.6) is 0 Å². The summed E-state index contributed by atoms with van der Waals surface area (Å²) < 4.78 is 1.78. The Kier molecular flexibility index (Phi) is 9.91. The first-order valence-corrected chi connectivity index (χ1v) is 6.56. The van der Waals surface area contributed by atoms with Gasteiger partial charge in [-0.05, 0) is 12.6 Å². The van der Waals surface area contributed by atoms with Crippen molar-refractivity contribution in [1.29, 1.82) is 0 Å². The van der Waals surface area contributed by atoms with Crippen LogP contribution < -0.4 is 0 Å². The van der Waals surface area contributed by atoms with E-state index in [1.54, 1.807) is 34.4 Å². The summed E-state index contributed by atoms with van der Waals surface area (Å²) in [5, 5.41) is 15.6. The van der Waals surface area contributed by atoms with Crippen LogP contribution in [0, 0.1) is 0 Å². The van der Waals surface area contributed by atoms with E-state index in [0.29, 0.717) is 18.6 Å². The molecular weight excluding hydrogens is 302 g/mol. The SMILES string of the molecule is C=CN1CCCC1=O.C=Cn1ccnc1.O=C(O)C=CC(=O)O. The maximum atomic E-state index is 10.7. The number of rotatable bonds is 4. The third kappa shape index (κ3) is 10.2. The Hall–Kier alpha value is -3.16. The summed E-state index contributed by atoms with van der Waals surface area (Å²) in [6, 6.07) is 0. The number of aromatic nitrogens is 2. The van der Waals surface area contributed by atoms with Gasteiger partial charge < -0.3 is 19.7 Å². The lowest BCUT2D eigenvalue weighted by Gasteiger charge is -2.05. The van der Waals surface area contributed by atoms with E-state index < -0.39 is 11.9 Å². The number of carbonyl (C=O) groups is 3. The van der Waals surface area contributed by atoms with Crippen molar-refractivity contribution in [2.75, 3.05) is 6.54 Å². The molecule has 1 aliphatic rings. The minimum atomic E-state index is -1.26. The molecule has 0 bridgehead atoms. The zero-order chi connectivity index (χ0) is 17.7. The fourth-order valence-electron chi connectivity index (χ4n) is 1.38. The lowest BCUT2D eigenvalue weighted by atomic mass is 10.4. The van der Waals surface area contributed by atoms with E-state index in [4.69, 9.17) is 10.2 Å². The summed E-state index contributed by atoms with van der Waals surface area (Å²) >= 11 is 0. The molecule has 1 saturated heterocycles. The highest BCUT2D eigenvalue weighted by molar-refractivity contribution is 5.89. The summed E-state index contributed by atoms with van der Waals surface area (Å²) in [6.45, 7) is 7.89. The number of carboxylic acid groups (broad SMARTS) is 2. The van der Waals surface area contributed by atoms with Crippen LogP contribution in [-0.2, 0) is 14.4 Å². The number of aliphatic carboxylic acids is 2. The van der Waals surface area contributed by atoms with Gasteiger partial charge >= 0.3 is 11.9 Å². The zero-order valence-electron chi connectivity index (χ0n) is 12.5. The Balaban J connectivity index is 0.000000316. The van der Waals surface area contributed by atoms with E-state index in [2.05, 4.69) is 18.1 Å². The predicted octanol–water partition coefficient (Wildman–Crippen LogP) is 1.45. The normalized spacial score (nSPS) is 12.7. The van der Waals surface area contributed by atoms with Crippen LogP contribution in [0.1, 0.15) is 12.8 Å². The number of hydrogen-bond donors (Lipinski definition) is 2. The van der Waals surface area contributed by atoms with Gasteiger partial charge in [0.2, 0.25) is 5.91 Å². The number of hydrogen-bond acceptors (Lipinski definition) is 4. The van der Waals surface area contributed by atoms with E-state index in [1.165, 1.54) is 0 Å². The van der Waals surface area contributed by atoms with E-state index in [1.807, 2.05) is 6.20 Å². The number of amides is 1. The lowest BCUT2D eigenvalue weighted by molar-refractivity contribution is -0.134. The molecule has 23 heavy (non-hydrogen) atoms. The second-order valence-corrected chi connectivity index (χ2v) is 4.08. The van der Waals surface area contributed by atoms with Crippen LogP contribution in [0.2, 0.25) is 0 Å². The van der Waals surface area contributed by atoms with Gasteiger partial charge in [0, 0.05) is 43.7 Å². The molecule has 2 N–H and O–H groups in total. The highest BCUT2D eigenvalue weighted by Crippen LogP contribution is 2.08. The van der Waals surface area contributed by atoms with E-state index in [-0.39, 0.29) is 5.91 Å². The molecule has 2 heterocycles. The van der Waals surface area contributed by atoms with Crippen molar-refractivity contribution in [3.05, 3.63) is 50.2 Å². The number of imidazole rings is 1. The monoisotopic (exact) mass is 321 g/mol. The van der Waals surface area contributed by atoms with Gasteiger partial charge in [0.25, 0.3) is 0 Å². The molecule has 0 aromatic carbocycles. The number of carbonyl (C=O) groups excluding carboxylic acids is 1. The van der Waals surface area contributed by atoms with Crippen LogP contribution in [0.4, 0.5) is 0 Å². The molecular formula is C15H19N3O5. The summed E-state index contributed by atoms with van der Waals surface area (Å²) in [4.78, 5) is 35.2. The van der Waals surface area contributed by atoms with Crippen LogP contribution in [0.25, 0.3) is 6.20 Å². The van der Waals surface area contributed by atoms with Crippen molar-refractivity contribution < 1.29 is 24.6 Å². The molecule has 1 aromatic heterocycles. The van der Waals surface area contributed by atoms with Crippen molar-refractivity contribution >= 4 is 24.0 Å². The summed E-state index contributed by atoms with van der Waals surface area (Å²) in [7, 11) is 0. The fourth-order valence-corrected chi connectivity index (χ4v) is 1.38. The van der Waals surface area contributed by atoms with Gasteiger partial charge in [0.1, 0.15) is 0 Å². The molecule has 1 amide bonds. The molecule has 2 rings (SSSR count). The van der Waals surface area contributed by atoms with Crippen molar-refractivity contribution in [2.24, 2.45) is 0 Å². The topological polar surface area (TPSA) is 113 Å². The second-order valence-electron chi connectivity index (χ2n) is 4.08. The number of nitrogens with zero attached hydrogens (tertiary/aromatic N) is 3. The van der Waals surface area contributed by atoms with Gasteiger partial charge in [-0.1, -0.05) is 13.2 Å². The molecule has 0 saturated carbocycles. The maximum absolute atomic E-state index is 10.7. The first-order valence-electron chi connectivity index (χ1n) is 6.56. The van der Waals surface area contributed by atoms with Crippen LogP contribution >= 0.6 is 0 Å². The van der Waals surface area contributed by atoms with Gasteiger partial charge in [-0.15, -0.1) is 0 Å². The summed E-state index contributed by atoms with van der Waals surface area (Å²) in [5.41, 5.74) is 0. The van der Waals surface area contributed by atoms with Crippen molar-refractivity contribution in [3.8, 4) is 0 Å². The molecule has 1 aliphatic heterocycles. The van der Waals surface area contributed by atoms with Gasteiger partial charge in [0.15, 0.2) is 0 Å². The Morgan fingerprint density at radius 1 is 1.17 bits per heavy atom. The Bertz CT molecular complexity index is 548. The second kappa shape index (κ2) is 11.5. The van der Waals surface area contributed by atoms with Crippen molar-refractivity contribution in [1.82, 2.24) is 14.5 Å².